The molecule has 0 aliphatic rings. The predicted molar refractivity (Wildman–Crippen MR) is 113 cm³/mol. The average molecular weight is 474 g/mol. The minimum Gasteiger partial charge on any atom is -0.308 e. The Morgan fingerprint density at radius 2 is 1.39 bits per heavy atom. The highest BCUT2D eigenvalue weighted by Crippen LogP contribution is 2.29. The zero-order valence-corrected chi connectivity index (χ0v) is 17.3. The standard InChI is InChI=1S/C22H13F3N2O5S/c23-22(24,25)21(29)32-26-19(14-4-2-1-3-5-14)20(28)15-6-10-17(11-7-15)33-18-12-8-16(9-13-18)27(30)31/h1-13H. The molecule has 0 unspecified atom stereocenters. The molecule has 0 radical (unpaired) electrons. The second-order valence-electron chi connectivity index (χ2n) is 6.39. The van der Waals surface area contributed by atoms with Gasteiger partial charge in [0.2, 0.25) is 5.78 Å². The first kappa shape index (κ1) is 23.7. The van der Waals surface area contributed by atoms with Crippen molar-refractivity contribution in [3.8, 4) is 0 Å². The van der Waals surface area contributed by atoms with Crippen LogP contribution in [0.25, 0.3) is 0 Å². The molecule has 0 spiro atoms. The maximum absolute atomic E-state index is 12.9. The lowest BCUT2D eigenvalue weighted by Gasteiger charge is -2.08. The second-order valence-corrected chi connectivity index (χ2v) is 7.54. The molecule has 0 saturated carbocycles. The maximum Gasteiger partial charge on any atom is 0.493 e. The fraction of sp³-hybridized carbons (Fsp3) is 0.0455. The van der Waals surface area contributed by atoms with Crippen molar-refractivity contribution in [2.24, 2.45) is 5.16 Å². The van der Waals surface area contributed by atoms with Gasteiger partial charge >= 0.3 is 12.1 Å². The van der Waals surface area contributed by atoms with Crippen LogP contribution in [0, 0.1) is 10.1 Å². The molecule has 3 aromatic carbocycles. The van der Waals surface area contributed by atoms with Gasteiger partial charge < -0.3 is 4.84 Å². The molecule has 11 heteroatoms. The molecule has 0 aliphatic carbocycles. The van der Waals surface area contributed by atoms with Gasteiger partial charge in [-0.15, -0.1) is 0 Å². The second kappa shape index (κ2) is 10.1. The third-order valence-corrected chi connectivity index (χ3v) is 5.13. The van der Waals surface area contributed by atoms with Crippen molar-refractivity contribution < 1.29 is 32.5 Å². The summed E-state index contributed by atoms with van der Waals surface area (Å²) in [6.07, 6.45) is -5.26. The van der Waals surface area contributed by atoms with Gasteiger partial charge in [-0.2, -0.15) is 13.2 Å². The number of nitro groups is 1. The zero-order chi connectivity index (χ0) is 24.0. The highest BCUT2D eigenvalue weighted by atomic mass is 32.2. The van der Waals surface area contributed by atoms with Crippen molar-refractivity contribution in [3.05, 3.63) is 100 Å². The lowest BCUT2D eigenvalue weighted by molar-refractivity contribution is -0.384. The van der Waals surface area contributed by atoms with E-state index in [0.717, 1.165) is 4.90 Å². The van der Waals surface area contributed by atoms with Crippen molar-refractivity contribution in [3.63, 3.8) is 0 Å². The highest BCUT2D eigenvalue weighted by Gasteiger charge is 2.42. The SMILES string of the molecule is O=C(C(=NOC(=O)C(F)(F)F)c1ccccc1)c1ccc(Sc2ccc([N+](=O)[O-])cc2)cc1. The van der Waals surface area contributed by atoms with Crippen LogP contribution < -0.4 is 0 Å². The fourth-order valence-corrected chi connectivity index (χ4v) is 3.36. The molecule has 3 rings (SSSR count). The van der Waals surface area contributed by atoms with Gasteiger partial charge in [0.25, 0.3) is 5.69 Å². The Morgan fingerprint density at radius 1 is 0.848 bits per heavy atom. The summed E-state index contributed by atoms with van der Waals surface area (Å²) in [4.78, 5) is 39.5. The number of carbonyl (C=O) groups excluding carboxylic acids is 2. The summed E-state index contributed by atoms with van der Waals surface area (Å²) in [6.45, 7) is 0. The van der Waals surface area contributed by atoms with Crippen LogP contribution in [0.5, 0.6) is 0 Å². The van der Waals surface area contributed by atoms with E-state index in [9.17, 15) is 32.9 Å². The largest absolute Gasteiger partial charge is 0.493 e. The molecule has 0 amide bonds. The van der Waals surface area contributed by atoms with Crippen LogP contribution in [0.4, 0.5) is 18.9 Å². The number of ketones is 1. The zero-order valence-electron chi connectivity index (χ0n) is 16.5. The number of Topliss-reactive ketones (excluding diaryl/α,β-unsaturated/α-hetero) is 1. The summed E-state index contributed by atoms with van der Waals surface area (Å²) < 4.78 is 37.3. The van der Waals surface area contributed by atoms with E-state index < -0.39 is 28.6 Å². The minimum absolute atomic E-state index is 0.0424. The first-order chi connectivity index (χ1) is 15.6. The Hall–Kier alpha value is -3.99. The molecule has 3 aromatic rings. The van der Waals surface area contributed by atoms with Gasteiger partial charge in [0.1, 0.15) is 0 Å². The molecule has 0 saturated heterocycles. The maximum atomic E-state index is 12.9. The van der Waals surface area contributed by atoms with E-state index in [-0.39, 0.29) is 16.8 Å². The van der Waals surface area contributed by atoms with Gasteiger partial charge in [-0.05, 0) is 36.4 Å². The molecule has 0 bridgehead atoms. The van der Waals surface area contributed by atoms with Crippen molar-refractivity contribution in [2.75, 3.05) is 0 Å². The number of non-ortho nitro benzene ring substituents is 1. The Labute approximate surface area is 189 Å². The topological polar surface area (TPSA) is 98.9 Å². The molecule has 0 fully saturated rings. The Bertz CT molecular complexity index is 1200. The number of nitro benzene ring substituents is 1. The smallest absolute Gasteiger partial charge is 0.308 e. The van der Waals surface area contributed by atoms with Crippen LogP contribution in [-0.4, -0.2) is 28.6 Å². The Kier molecular flexibility index (Phi) is 7.23. The quantitative estimate of drug-likeness (QED) is 0.149. The number of carbonyl (C=O) groups is 2. The molecular formula is C22H13F3N2O5S. The van der Waals surface area contributed by atoms with E-state index in [4.69, 9.17) is 0 Å². The number of nitrogens with zero attached hydrogens (tertiary/aromatic N) is 2. The number of halogens is 3. The van der Waals surface area contributed by atoms with Crippen LogP contribution in [0.1, 0.15) is 15.9 Å². The van der Waals surface area contributed by atoms with E-state index in [1.807, 2.05) is 0 Å². The van der Waals surface area contributed by atoms with E-state index >= 15 is 0 Å². The third kappa shape index (κ3) is 6.26. The molecular weight excluding hydrogens is 461 g/mol. The lowest BCUT2D eigenvalue weighted by Crippen LogP contribution is -2.25. The Morgan fingerprint density at radius 3 is 1.91 bits per heavy atom. The van der Waals surface area contributed by atoms with Crippen LogP contribution in [0.15, 0.2) is 93.8 Å². The summed E-state index contributed by atoms with van der Waals surface area (Å²) in [7, 11) is 0. The van der Waals surface area contributed by atoms with Crippen LogP contribution in [0.3, 0.4) is 0 Å². The van der Waals surface area contributed by atoms with Crippen LogP contribution >= 0.6 is 11.8 Å². The van der Waals surface area contributed by atoms with Gasteiger partial charge in [0.15, 0.2) is 5.71 Å². The number of hydrogen-bond donors (Lipinski definition) is 0. The van der Waals surface area contributed by atoms with E-state index in [0.29, 0.717) is 4.90 Å². The molecule has 168 valence electrons. The number of rotatable bonds is 7. The van der Waals surface area contributed by atoms with Crippen LogP contribution in [0.2, 0.25) is 0 Å². The highest BCUT2D eigenvalue weighted by molar-refractivity contribution is 7.99. The minimum atomic E-state index is -5.26. The summed E-state index contributed by atoms with van der Waals surface area (Å²) in [5.41, 5.74) is -0.237. The van der Waals surface area contributed by atoms with Crippen molar-refractivity contribution in [2.45, 2.75) is 16.0 Å². The first-order valence-corrected chi connectivity index (χ1v) is 9.95. The predicted octanol–water partition coefficient (Wildman–Crippen LogP) is 5.44. The number of alkyl halides is 3. The molecule has 0 heterocycles. The first-order valence-electron chi connectivity index (χ1n) is 9.14. The molecule has 7 nitrogen and oxygen atoms in total. The number of benzene rings is 3. The van der Waals surface area contributed by atoms with E-state index in [1.54, 1.807) is 42.5 Å². The number of oxime groups is 1. The fourth-order valence-electron chi connectivity index (χ4n) is 2.54. The van der Waals surface area contributed by atoms with Gasteiger partial charge in [0.05, 0.1) is 4.92 Å². The average Bonchev–Trinajstić information content (AvgIpc) is 2.80. The summed E-state index contributed by atoms with van der Waals surface area (Å²) in [5.74, 6) is -3.29. The normalized spacial score (nSPS) is 11.7. The van der Waals surface area contributed by atoms with Crippen molar-refractivity contribution in [1.29, 1.82) is 0 Å². The molecule has 0 aromatic heterocycles. The monoisotopic (exact) mass is 474 g/mol. The van der Waals surface area contributed by atoms with Gasteiger partial charge in [-0.25, -0.2) is 4.79 Å². The summed E-state index contributed by atoms with van der Waals surface area (Å²) in [5, 5.41) is 13.9. The van der Waals surface area contributed by atoms with E-state index in [1.165, 1.54) is 48.2 Å². The lowest BCUT2D eigenvalue weighted by atomic mass is 10.0. The van der Waals surface area contributed by atoms with Crippen molar-refractivity contribution >= 4 is 34.9 Å². The molecule has 0 N–H and O–H groups in total. The van der Waals surface area contributed by atoms with Gasteiger partial charge in [-0.1, -0.05) is 47.2 Å². The van der Waals surface area contributed by atoms with Crippen LogP contribution in [-0.2, 0) is 9.63 Å². The summed E-state index contributed by atoms with van der Waals surface area (Å²) in [6, 6.07) is 19.6. The van der Waals surface area contributed by atoms with Gasteiger partial charge in [-0.3, -0.25) is 14.9 Å². The molecule has 0 aliphatic heterocycles. The van der Waals surface area contributed by atoms with E-state index in [2.05, 4.69) is 9.99 Å². The number of hydrogen-bond acceptors (Lipinski definition) is 7. The van der Waals surface area contributed by atoms with Crippen molar-refractivity contribution in [1.82, 2.24) is 0 Å². The summed E-state index contributed by atoms with van der Waals surface area (Å²) >= 11 is 1.29. The third-order valence-electron chi connectivity index (χ3n) is 4.11. The van der Waals surface area contributed by atoms with Gasteiger partial charge in [0, 0.05) is 33.1 Å². The molecule has 0 atom stereocenters. The Balaban J connectivity index is 1.81. The molecule has 33 heavy (non-hydrogen) atoms.